The van der Waals surface area contributed by atoms with E-state index in [1.165, 1.54) is 10.9 Å². The molecular weight excluding hydrogens is 214 g/mol. The number of carbonyl (C=O) groups is 1. The predicted octanol–water partition coefficient (Wildman–Crippen LogP) is 1.00. The highest BCUT2D eigenvalue weighted by atomic mass is 16.6. The van der Waals surface area contributed by atoms with Crippen LogP contribution in [0.5, 0.6) is 0 Å². The van der Waals surface area contributed by atoms with Crippen LogP contribution in [0.3, 0.4) is 0 Å². The SMILES string of the molecule is CC(C(=O)O)(C1CC1)n1cc([N+](=O)[O-])cn1. The molecule has 1 aliphatic carbocycles. The molecule has 1 N–H and O–H groups in total. The van der Waals surface area contributed by atoms with Crippen LogP contribution in [0, 0.1) is 16.0 Å². The Hall–Kier alpha value is -1.92. The number of aliphatic carboxylic acids is 1. The highest BCUT2D eigenvalue weighted by Gasteiger charge is 2.50. The van der Waals surface area contributed by atoms with E-state index in [-0.39, 0.29) is 11.6 Å². The van der Waals surface area contributed by atoms with E-state index >= 15 is 0 Å². The van der Waals surface area contributed by atoms with Crippen LogP contribution < -0.4 is 0 Å². The molecule has 1 saturated carbocycles. The van der Waals surface area contributed by atoms with Gasteiger partial charge in [0.15, 0.2) is 5.54 Å². The molecule has 7 heteroatoms. The average Bonchev–Trinajstić information content (AvgIpc) is 2.93. The number of nitro groups is 1. The maximum Gasteiger partial charge on any atom is 0.331 e. The monoisotopic (exact) mass is 225 g/mol. The van der Waals surface area contributed by atoms with Gasteiger partial charge in [-0.05, 0) is 25.7 Å². The second-order valence-corrected chi connectivity index (χ2v) is 4.13. The Morgan fingerprint density at radius 1 is 1.75 bits per heavy atom. The zero-order chi connectivity index (χ0) is 11.9. The summed E-state index contributed by atoms with van der Waals surface area (Å²) in [6, 6.07) is 0. The van der Waals surface area contributed by atoms with Gasteiger partial charge in [-0.15, -0.1) is 0 Å². The number of nitrogens with zero attached hydrogens (tertiary/aromatic N) is 3. The molecule has 0 radical (unpaired) electrons. The van der Waals surface area contributed by atoms with Crippen molar-refractivity contribution in [3.8, 4) is 0 Å². The standard InChI is InChI=1S/C9H11N3O4/c1-9(8(13)14,6-2-3-6)11-5-7(4-10-11)12(15)16/h4-6H,2-3H2,1H3,(H,13,14). The summed E-state index contributed by atoms with van der Waals surface area (Å²) in [7, 11) is 0. The highest BCUT2D eigenvalue weighted by molar-refractivity contribution is 5.77. The van der Waals surface area contributed by atoms with Gasteiger partial charge in [-0.1, -0.05) is 0 Å². The summed E-state index contributed by atoms with van der Waals surface area (Å²) in [5, 5.41) is 23.5. The number of carboxylic acids is 1. The molecule has 1 aliphatic rings. The zero-order valence-electron chi connectivity index (χ0n) is 8.66. The molecule has 16 heavy (non-hydrogen) atoms. The second kappa shape index (κ2) is 3.29. The number of hydrogen-bond donors (Lipinski definition) is 1. The maximum absolute atomic E-state index is 11.3. The minimum Gasteiger partial charge on any atom is -0.479 e. The van der Waals surface area contributed by atoms with E-state index in [4.69, 9.17) is 0 Å². The summed E-state index contributed by atoms with van der Waals surface area (Å²) in [5.41, 5.74) is -1.36. The Morgan fingerprint density at radius 3 is 2.75 bits per heavy atom. The van der Waals surface area contributed by atoms with Crippen LogP contribution >= 0.6 is 0 Å². The van der Waals surface area contributed by atoms with Crippen molar-refractivity contribution < 1.29 is 14.8 Å². The first kappa shape index (κ1) is 10.6. The Morgan fingerprint density at radius 2 is 2.38 bits per heavy atom. The molecule has 0 aliphatic heterocycles. The van der Waals surface area contributed by atoms with Crippen LogP contribution in [0.4, 0.5) is 5.69 Å². The molecule has 1 aromatic rings. The Kier molecular flexibility index (Phi) is 2.18. The zero-order valence-corrected chi connectivity index (χ0v) is 8.66. The van der Waals surface area contributed by atoms with Gasteiger partial charge in [-0.3, -0.25) is 10.1 Å². The molecule has 0 spiro atoms. The first-order chi connectivity index (χ1) is 7.46. The Bertz CT molecular complexity index is 451. The predicted molar refractivity (Wildman–Crippen MR) is 52.9 cm³/mol. The van der Waals surface area contributed by atoms with Gasteiger partial charge < -0.3 is 5.11 Å². The van der Waals surface area contributed by atoms with Crippen LogP contribution in [0.2, 0.25) is 0 Å². The van der Waals surface area contributed by atoms with Crippen LogP contribution in [-0.2, 0) is 10.3 Å². The lowest BCUT2D eigenvalue weighted by atomic mass is 9.96. The van der Waals surface area contributed by atoms with Crippen molar-refractivity contribution in [2.24, 2.45) is 5.92 Å². The summed E-state index contributed by atoms with van der Waals surface area (Å²) in [5.74, 6) is -1.00. The third kappa shape index (κ3) is 1.44. The third-order valence-electron chi connectivity index (χ3n) is 3.06. The van der Waals surface area contributed by atoms with Crippen molar-refractivity contribution >= 4 is 11.7 Å². The van der Waals surface area contributed by atoms with Gasteiger partial charge in [0.1, 0.15) is 12.4 Å². The van der Waals surface area contributed by atoms with Crippen molar-refractivity contribution in [2.75, 3.05) is 0 Å². The van der Waals surface area contributed by atoms with Crippen LogP contribution in [0.25, 0.3) is 0 Å². The summed E-state index contributed by atoms with van der Waals surface area (Å²) in [4.78, 5) is 21.2. The molecule has 0 aromatic carbocycles. The molecule has 1 unspecified atom stereocenters. The third-order valence-corrected chi connectivity index (χ3v) is 3.06. The van der Waals surface area contributed by atoms with E-state index in [0.29, 0.717) is 0 Å². The fraction of sp³-hybridized carbons (Fsp3) is 0.556. The van der Waals surface area contributed by atoms with Gasteiger partial charge in [0, 0.05) is 0 Å². The van der Waals surface area contributed by atoms with Gasteiger partial charge in [-0.25, -0.2) is 9.48 Å². The molecule has 2 rings (SSSR count). The maximum atomic E-state index is 11.3. The minimum atomic E-state index is -1.17. The van der Waals surface area contributed by atoms with E-state index in [1.807, 2.05) is 0 Å². The summed E-state index contributed by atoms with van der Waals surface area (Å²) < 4.78 is 1.19. The van der Waals surface area contributed by atoms with Crippen LogP contribution in [0.1, 0.15) is 19.8 Å². The lowest BCUT2D eigenvalue weighted by Gasteiger charge is -2.24. The Labute approximate surface area is 90.8 Å². The fourth-order valence-corrected chi connectivity index (χ4v) is 1.77. The molecule has 0 saturated heterocycles. The van der Waals surface area contributed by atoms with E-state index in [9.17, 15) is 20.0 Å². The van der Waals surface area contributed by atoms with E-state index in [0.717, 1.165) is 19.0 Å². The van der Waals surface area contributed by atoms with Crippen molar-refractivity contribution in [3.05, 3.63) is 22.5 Å². The molecule has 7 nitrogen and oxygen atoms in total. The molecule has 0 bridgehead atoms. The largest absolute Gasteiger partial charge is 0.479 e. The number of aromatic nitrogens is 2. The second-order valence-electron chi connectivity index (χ2n) is 4.13. The van der Waals surface area contributed by atoms with Crippen molar-refractivity contribution in [2.45, 2.75) is 25.3 Å². The van der Waals surface area contributed by atoms with E-state index in [1.54, 1.807) is 6.92 Å². The highest BCUT2D eigenvalue weighted by Crippen LogP contribution is 2.44. The fourth-order valence-electron chi connectivity index (χ4n) is 1.77. The van der Waals surface area contributed by atoms with Gasteiger partial charge in [0.25, 0.3) is 0 Å². The number of hydrogen-bond acceptors (Lipinski definition) is 4. The van der Waals surface area contributed by atoms with Gasteiger partial charge >= 0.3 is 11.7 Å². The molecule has 1 fully saturated rings. The quantitative estimate of drug-likeness (QED) is 0.608. The van der Waals surface area contributed by atoms with Gasteiger partial charge in [0.05, 0.1) is 4.92 Å². The lowest BCUT2D eigenvalue weighted by molar-refractivity contribution is -0.385. The summed E-state index contributed by atoms with van der Waals surface area (Å²) >= 11 is 0. The van der Waals surface area contributed by atoms with E-state index in [2.05, 4.69) is 5.10 Å². The number of rotatable bonds is 4. The van der Waals surface area contributed by atoms with Gasteiger partial charge in [-0.2, -0.15) is 5.10 Å². The summed E-state index contributed by atoms with van der Waals surface area (Å²) in [6.45, 7) is 1.55. The molecule has 86 valence electrons. The topological polar surface area (TPSA) is 98.3 Å². The van der Waals surface area contributed by atoms with Crippen molar-refractivity contribution in [1.29, 1.82) is 0 Å². The van der Waals surface area contributed by atoms with Crippen molar-refractivity contribution in [3.63, 3.8) is 0 Å². The minimum absolute atomic E-state index is 0.00417. The normalized spacial score (nSPS) is 19.1. The average molecular weight is 225 g/mol. The Balaban J connectivity index is 2.39. The number of carboxylic acid groups (broad SMARTS) is 1. The van der Waals surface area contributed by atoms with Gasteiger partial charge in [0.2, 0.25) is 0 Å². The van der Waals surface area contributed by atoms with E-state index < -0.39 is 16.4 Å². The molecule has 1 heterocycles. The first-order valence-electron chi connectivity index (χ1n) is 4.89. The first-order valence-corrected chi connectivity index (χ1v) is 4.89. The van der Waals surface area contributed by atoms with Crippen molar-refractivity contribution in [1.82, 2.24) is 9.78 Å². The van der Waals surface area contributed by atoms with Crippen LogP contribution in [0.15, 0.2) is 12.4 Å². The van der Waals surface area contributed by atoms with Crippen LogP contribution in [-0.4, -0.2) is 25.8 Å². The molecule has 0 amide bonds. The molecule has 1 atom stereocenters. The lowest BCUT2D eigenvalue weighted by Crippen LogP contribution is -2.41. The smallest absolute Gasteiger partial charge is 0.331 e. The summed E-state index contributed by atoms with van der Waals surface area (Å²) in [6.07, 6.45) is 3.88. The molecular formula is C9H11N3O4. The molecule has 1 aromatic heterocycles.